The Labute approximate surface area is 119 Å². The maximum absolute atomic E-state index is 12.5. The lowest BCUT2D eigenvalue weighted by Gasteiger charge is -2.14. The first-order chi connectivity index (χ1) is 9.54. The van der Waals surface area contributed by atoms with Gasteiger partial charge in [-0.3, -0.25) is 4.79 Å². The van der Waals surface area contributed by atoms with Crippen molar-refractivity contribution in [3.05, 3.63) is 52.6 Å². The van der Waals surface area contributed by atoms with E-state index in [1.807, 2.05) is 39.0 Å². The van der Waals surface area contributed by atoms with Gasteiger partial charge in [0.25, 0.3) is 5.91 Å². The third-order valence-corrected chi connectivity index (χ3v) is 3.43. The molecule has 1 N–H and O–H groups in total. The number of rotatable bonds is 3. The average Bonchev–Trinajstić information content (AvgIpc) is 2.41. The number of carbonyl (C=O) groups excluding carboxylic acids is 1. The van der Waals surface area contributed by atoms with Gasteiger partial charge >= 0.3 is 0 Å². The summed E-state index contributed by atoms with van der Waals surface area (Å²) in [6.07, 6.45) is 2.35. The first kappa shape index (κ1) is 14.2. The third-order valence-electron chi connectivity index (χ3n) is 3.43. The fraction of sp³-hybridized carbons (Fsp3) is 0.312. The van der Waals surface area contributed by atoms with E-state index in [4.69, 9.17) is 0 Å². The lowest BCUT2D eigenvalue weighted by Crippen LogP contribution is -2.18. The fourth-order valence-corrected chi connectivity index (χ4v) is 2.30. The van der Waals surface area contributed by atoms with Crippen LogP contribution in [0.4, 0.5) is 5.69 Å². The van der Waals surface area contributed by atoms with Gasteiger partial charge in [0.15, 0.2) is 0 Å². The monoisotopic (exact) mass is 269 g/mol. The van der Waals surface area contributed by atoms with Gasteiger partial charge in [-0.05, 0) is 38.3 Å². The highest BCUT2D eigenvalue weighted by molar-refractivity contribution is 6.06. The zero-order valence-corrected chi connectivity index (χ0v) is 12.3. The van der Waals surface area contributed by atoms with Crippen molar-refractivity contribution in [1.82, 2.24) is 9.97 Å². The van der Waals surface area contributed by atoms with Crippen molar-refractivity contribution in [2.24, 2.45) is 0 Å². The molecule has 4 heteroatoms. The Balaban J connectivity index is 2.38. The van der Waals surface area contributed by atoms with E-state index in [0.29, 0.717) is 17.0 Å². The van der Waals surface area contributed by atoms with Gasteiger partial charge in [-0.2, -0.15) is 0 Å². The molecule has 1 amide bonds. The molecule has 0 radical (unpaired) electrons. The van der Waals surface area contributed by atoms with Gasteiger partial charge in [-0.25, -0.2) is 9.97 Å². The van der Waals surface area contributed by atoms with E-state index >= 15 is 0 Å². The molecule has 0 fully saturated rings. The molecule has 0 bridgehead atoms. The number of hydrogen-bond acceptors (Lipinski definition) is 3. The molecule has 0 saturated carbocycles. The van der Waals surface area contributed by atoms with Gasteiger partial charge < -0.3 is 5.32 Å². The van der Waals surface area contributed by atoms with Crippen LogP contribution < -0.4 is 5.32 Å². The molecule has 104 valence electrons. The number of anilines is 1. The van der Waals surface area contributed by atoms with Crippen LogP contribution in [0, 0.1) is 20.8 Å². The van der Waals surface area contributed by atoms with Crippen LogP contribution in [0.1, 0.15) is 39.8 Å². The SMILES string of the molecule is CCc1cccc(C)c1NC(=O)c1c(C)ncnc1C. The molecule has 0 atom stereocenters. The Hall–Kier alpha value is -2.23. The summed E-state index contributed by atoms with van der Waals surface area (Å²) in [7, 11) is 0. The smallest absolute Gasteiger partial charge is 0.259 e. The van der Waals surface area contributed by atoms with E-state index in [1.54, 1.807) is 0 Å². The molecule has 0 unspecified atom stereocenters. The standard InChI is InChI=1S/C16H19N3O/c1-5-13-8-6-7-10(2)15(13)19-16(20)14-11(3)17-9-18-12(14)4/h6-9H,5H2,1-4H3,(H,19,20). The number of aryl methyl sites for hydroxylation is 4. The van der Waals surface area contributed by atoms with Crippen LogP contribution in [0.25, 0.3) is 0 Å². The van der Waals surface area contributed by atoms with Crippen molar-refractivity contribution >= 4 is 11.6 Å². The molecular weight excluding hydrogens is 250 g/mol. The summed E-state index contributed by atoms with van der Waals surface area (Å²) < 4.78 is 0. The predicted molar refractivity (Wildman–Crippen MR) is 80.0 cm³/mol. The van der Waals surface area contributed by atoms with E-state index in [9.17, 15) is 4.79 Å². The Morgan fingerprint density at radius 2 is 1.80 bits per heavy atom. The van der Waals surface area contributed by atoms with Crippen molar-refractivity contribution in [1.29, 1.82) is 0 Å². The van der Waals surface area contributed by atoms with E-state index in [1.165, 1.54) is 6.33 Å². The lowest BCUT2D eigenvalue weighted by atomic mass is 10.0. The summed E-state index contributed by atoms with van der Waals surface area (Å²) in [6.45, 7) is 7.72. The summed E-state index contributed by atoms with van der Waals surface area (Å²) in [5.41, 5.74) is 5.03. The maximum atomic E-state index is 12.5. The number of para-hydroxylation sites is 1. The normalized spacial score (nSPS) is 10.4. The topological polar surface area (TPSA) is 54.9 Å². The van der Waals surface area contributed by atoms with Gasteiger partial charge in [0.1, 0.15) is 6.33 Å². The number of nitrogens with one attached hydrogen (secondary N) is 1. The summed E-state index contributed by atoms with van der Waals surface area (Å²) >= 11 is 0. The molecular formula is C16H19N3O. The van der Waals surface area contributed by atoms with Crippen LogP contribution in [-0.2, 0) is 6.42 Å². The molecule has 1 heterocycles. The number of aromatic nitrogens is 2. The second-order valence-electron chi connectivity index (χ2n) is 4.84. The first-order valence-electron chi connectivity index (χ1n) is 6.72. The minimum atomic E-state index is -0.149. The predicted octanol–water partition coefficient (Wildman–Crippen LogP) is 3.22. The van der Waals surface area contributed by atoms with Crippen LogP contribution in [0.2, 0.25) is 0 Å². The molecule has 20 heavy (non-hydrogen) atoms. The van der Waals surface area contributed by atoms with Crippen molar-refractivity contribution in [2.75, 3.05) is 5.32 Å². The number of hydrogen-bond donors (Lipinski definition) is 1. The quantitative estimate of drug-likeness (QED) is 0.930. The zero-order chi connectivity index (χ0) is 14.7. The van der Waals surface area contributed by atoms with E-state index < -0.39 is 0 Å². The second kappa shape index (κ2) is 5.82. The number of amides is 1. The number of nitrogens with zero attached hydrogens (tertiary/aromatic N) is 2. The maximum Gasteiger partial charge on any atom is 0.259 e. The highest BCUT2D eigenvalue weighted by atomic mass is 16.1. The summed E-state index contributed by atoms with van der Waals surface area (Å²) in [5.74, 6) is -0.149. The van der Waals surface area contributed by atoms with Crippen LogP contribution in [0.15, 0.2) is 24.5 Å². The van der Waals surface area contributed by atoms with Gasteiger partial charge in [-0.15, -0.1) is 0 Å². The Morgan fingerprint density at radius 1 is 1.15 bits per heavy atom. The summed E-state index contributed by atoms with van der Waals surface area (Å²) in [6, 6.07) is 6.03. The average molecular weight is 269 g/mol. The molecule has 1 aromatic carbocycles. The molecule has 0 aliphatic rings. The Bertz CT molecular complexity index is 630. The van der Waals surface area contributed by atoms with E-state index in [0.717, 1.165) is 23.2 Å². The zero-order valence-electron chi connectivity index (χ0n) is 12.3. The molecule has 0 aliphatic carbocycles. The second-order valence-corrected chi connectivity index (χ2v) is 4.84. The van der Waals surface area contributed by atoms with Crippen LogP contribution in [-0.4, -0.2) is 15.9 Å². The van der Waals surface area contributed by atoms with Gasteiger partial charge in [-0.1, -0.05) is 25.1 Å². The van der Waals surface area contributed by atoms with E-state index in [2.05, 4.69) is 22.2 Å². The minimum absolute atomic E-state index is 0.149. The van der Waals surface area contributed by atoms with E-state index in [-0.39, 0.29) is 5.91 Å². The van der Waals surface area contributed by atoms with Crippen LogP contribution >= 0.6 is 0 Å². The summed E-state index contributed by atoms with van der Waals surface area (Å²) in [5, 5.41) is 3.01. The van der Waals surface area contributed by atoms with Crippen molar-refractivity contribution in [3.8, 4) is 0 Å². The fourth-order valence-electron chi connectivity index (χ4n) is 2.30. The lowest BCUT2D eigenvalue weighted by molar-refractivity contribution is 0.102. The minimum Gasteiger partial charge on any atom is -0.321 e. The molecule has 4 nitrogen and oxygen atoms in total. The molecule has 2 rings (SSSR count). The largest absolute Gasteiger partial charge is 0.321 e. The van der Waals surface area contributed by atoms with Crippen LogP contribution in [0.5, 0.6) is 0 Å². The van der Waals surface area contributed by atoms with Crippen LogP contribution in [0.3, 0.4) is 0 Å². The molecule has 0 aliphatic heterocycles. The highest BCUT2D eigenvalue weighted by Crippen LogP contribution is 2.22. The Morgan fingerprint density at radius 3 is 2.40 bits per heavy atom. The van der Waals surface area contributed by atoms with Gasteiger partial charge in [0, 0.05) is 5.69 Å². The molecule has 0 spiro atoms. The number of benzene rings is 1. The molecule has 1 aromatic heterocycles. The third kappa shape index (κ3) is 2.69. The van der Waals surface area contributed by atoms with Crippen molar-refractivity contribution < 1.29 is 4.79 Å². The Kier molecular flexibility index (Phi) is 4.13. The summed E-state index contributed by atoms with van der Waals surface area (Å²) in [4.78, 5) is 20.7. The van der Waals surface area contributed by atoms with Crippen molar-refractivity contribution in [2.45, 2.75) is 34.1 Å². The van der Waals surface area contributed by atoms with Crippen molar-refractivity contribution in [3.63, 3.8) is 0 Å². The van der Waals surface area contributed by atoms with Gasteiger partial charge in [0.05, 0.1) is 17.0 Å². The highest BCUT2D eigenvalue weighted by Gasteiger charge is 2.16. The number of carbonyl (C=O) groups is 1. The van der Waals surface area contributed by atoms with Gasteiger partial charge in [0.2, 0.25) is 0 Å². The molecule has 2 aromatic rings. The molecule has 0 saturated heterocycles. The first-order valence-corrected chi connectivity index (χ1v) is 6.72.